The molecule has 0 bridgehead atoms. The number of alkyl halides is 3. The Morgan fingerprint density at radius 1 is 1.22 bits per heavy atom. The van der Waals surface area contributed by atoms with Crippen LogP contribution in [0, 0.1) is 17.6 Å². The Morgan fingerprint density at radius 2 is 1.97 bits per heavy atom. The summed E-state index contributed by atoms with van der Waals surface area (Å²) in [6.45, 7) is 3.50. The smallest absolute Gasteiger partial charge is 0.376 e. The molecule has 1 aliphatic rings. The number of imidazole rings is 1. The molecule has 1 aliphatic carbocycles. The van der Waals surface area contributed by atoms with Crippen LogP contribution < -0.4 is 5.32 Å². The average molecular weight is 459 g/mol. The highest BCUT2D eigenvalue weighted by molar-refractivity contribution is 5.79. The molecule has 1 aromatic carbocycles. The van der Waals surface area contributed by atoms with E-state index in [1.165, 1.54) is 12.4 Å². The summed E-state index contributed by atoms with van der Waals surface area (Å²) in [5, 5.41) is 2.79. The van der Waals surface area contributed by atoms with Gasteiger partial charge in [0.1, 0.15) is 0 Å². The maximum atomic E-state index is 13.4. The maximum Gasteiger partial charge on any atom is 0.522 e. The lowest BCUT2D eigenvalue weighted by Gasteiger charge is -2.34. The standard InChI is InChI=1S/C21H22F5N3O3/c1-13(29-11-19(28-12-29)14-2-3-17(22)18(23)10-14)4-5-27-20(30)15-8-16(9-15)31-6-7-32-21(24,25)26/h2-3,10-12,15-16H,1,4-9H2,(H,27,30). The van der Waals surface area contributed by atoms with Gasteiger partial charge in [-0.3, -0.25) is 9.53 Å². The quantitative estimate of drug-likeness (QED) is 0.429. The third-order valence-corrected chi connectivity index (χ3v) is 5.04. The van der Waals surface area contributed by atoms with E-state index in [-0.39, 0.29) is 24.5 Å². The van der Waals surface area contributed by atoms with Crippen LogP contribution in [-0.4, -0.2) is 47.7 Å². The topological polar surface area (TPSA) is 65.4 Å². The molecule has 0 unspecified atom stereocenters. The second kappa shape index (κ2) is 10.2. The van der Waals surface area contributed by atoms with E-state index in [0.29, 0.717) is 42.8 Å². The van der Waals surface area contributed by atoms with Crippen LogP contribution in [0.4, 0.5) is 22.0 Å². The van der Waals surface area contributed by atoms with Crippen molar-refractivity contribution >= 4 is 11.6 Å². The number of benzene rings is 1. The van der Waals surface area contributed by atoms with E-state index in [1.54, 1.807) is 10.8 Å². The molecule has 1 aromatic heterocycles. The highest BCUT2D eigenvalue weighted by atomic mass is 19.4. The van der Waals surface area contributed by atoms with E-state index in [1.807, 2.05) is 0 Å². The fourth-order valence-electron chi connectivity index (χ4n) is 3.19. The van der Waals surface area contributed by atoms with Gasteiger partial charge in [0, 0.05) is 36.3 Å². The lowest BCUT2D eigenvalue weighted by atomic mass is 9.81. The van der Waals surface area contributed by atoms with Crippen LogP contribution in [0.2, 0.25) is 0 Å². The van der Waals surface area contributed by atoms with E-state index in [2.05, 4.69) is 21.6 Å². The number of halogens is 5. The molecule has 3 rings (SSSR count). The number of carbonyl (C=O) groups excluding carboxylic acids is 1. The second-order valence-corrected chi connectivity index (χ2v) is 7.36. The zero-order chi connectivity index (χ0) is 23.3. The van der Waals surface area contributed by atoms with E-state index in [9.17, 15) is 26.7 Å². The summed E-state index contributed by atoms with van der Waals surface area (Å²) in [4.78, 5) is 16.3. The number of nitrogens with one attached hydrogen (secondary N) is 1. The van der Waals surface area contributed by atoms with Crippen LogP contribution in [-0.2, 0) is 14.3 Å². The molecule has 11 heteroatoms. The molecule has 32 heavy (non-hydrogen) atoms. The number of rotatable bonds is 10. The first-order valence-corrected chi connectivity index (χ1v) is 9.90. The molecule has 1 saturated carbocycles. The van der Waals surface area contributed by atoms with Crippen LogP contribution in [0.5, 0.6) is 0 Å². The predicted molar refractivity (Wildman–Crippen MR) is 105 cm³/mol. The van der Waals surface area contributed by atoms with Gasteiger partial charge in [-0.2, -0.15) is 0 Å². The van der Waals surface area contributed by atoms with Crippen molar-refractivity contribution in [1.82, 2.24) is 14.9 Å². The van der Waals surface area contributed by atoms with Crippen molar-refractivity contribution < 1.29 is 36.2 Å². The summed E-state index contributed by atoms with van der Waals surface area (Å²) in [7, 11) is 0. The Balaban J connectivity index is 1.34. The minimum absolute atomic E-state index is 0.155. The highest BCUT2D eigenvalue weighted by Gasteiger charge is 2.35. The normalized spacial score (nSPS) is 18.3. The summed E-state index contributed by atoms with van der Waals surface area (Å²) in [5.41, 5.74) is 1.52. The number of aromatic nitrogens is 2. The first-order chi connectivity index (χ1) is 15.1. The van der Waals surface area contributed by atoms with E-state index in [0.717, 1.165) is 12.1 Å². The van der Waals surface area contributed by atoms with E-state index >= 15 is 0 Å². The molecule has 1 amide bonds. The van der Waals surface area contributed by atoms with Gasteiger partial charge in [0.05, 0.1) is 31.3 Å². The van der Waals surface area contributed by atoms with E-state index < -0.39 is 24.6 Å². The molecule has 1 N–H and O–H groups in total. The van der Waals surface area contributed by atoms with Crippen LogP contribution >= 0.6 is 0 Å². The number of ether oxygens (including phenoxy) is 2. The van der Waals surface area contributed by atoms with Gasteiger partial charge >= 0.3 is 6.36 Å². The van der Waals surface area contributed by atoms with Gasteiger partial charge in [-0.15, -0.1) is 13.2 Å². The minimum Gasteiger partial charge on any atom is -0.376 e. The lowest BCUT2D eigenvalue weighted by Crippen LogP contribution is -2.43. The van der Waals surface area contributed by atoms with Gasteiger partial charge in [0.2, 0.25) is 5.91 Å². The number of hydrogen-bond acceptors (Lipinski definition) is 4. The fraction of sp³-hybridized carbons (Fsp3) is 0.429. The molecule has 2 aromatic rings. The Bertz CT molecular complexity index is 954. The molecule has 6 nitrogen and oxygen atoms in total. The molecule has 0 spiro atoms. The van der Waals surface area contributed by atoms with Gasteiger partial charge in [0.15, 0.2) is 11.6 Å². The Hall–Kier alpha value is -2.79. The number of amides is 1. The molecule has 0 atom stereocenters. The van der Waals surface area contributed by atoms with Gasteiger partial charge in [-0.05, 0) is 31.0 Å². The second-order valence-electron chi connectivity index (χ2n) is 7.36. The van der Waals surface area contributed by atoms with Gasteiger partial charge in [-0.1, -0.05) is 6.58 Å². The summed E-state index contributed by atoms with van der Waals surface area (Å²) in [6.07, 6.45) is -0.480. The van der Waals surface area contributed by atoms with Crippen LogP contribution in [0.25, 0.3) is 17.0 Å². The Morgan fingerprint density at radius 3 is 2.66 bits per heavy atom. The zero-order valence-corrected chi connectivity index (χ0v) is 17.0. The number of nitrogens with zero attached hydrogens (tertiary/aromatic N) is 2. The first-order valence-electron chi connectivity index (χ1n) is 9.90. The van der Waals surface area contributed by atoms with Crippen molar-refractivity contribution in [3.63, 3.8) is 0 Å². The van der Waals surface area contributed by atoms with Crippen molar-refractivity contribution in [3.8, 4) is 11.3 Å². The van der Waals surface area contributed by atoms with Gasteiger partial charge in [0.25, 0.3) is 0 Å². The van der Waals surface area contributed by atoms with E-state index in [4.69, 9.17) is 4.74 Å². The molecule has 174 valence electrons. The van der Waals surface area contributed by atoms with Gasteiger partial charge < -0.3 is 14.6 Å². The average Bonchev–Trinajstić information content (AvgIpc) is 3.17. The minimum atomic E-state index is -4.67. The van der Waals surface area contributed by atoms with Crippen molar-refractivity contribution in [3.05, 3.63) is 48.9 Å². The fourth-order valence-corrected chi connectivity index (χ4v) is 3.19. The molecule has 0 saturated heterocycles. The zero-order valence-electron chi connectivity index (χ0n) is 17.0. The molecule has 1 heterocycles. The number of hydrogen-bond donors (Lipinski definition) is 1. The van der Waals surface area contributed by atoms with Crippen LogP contribution in [0.3, 0.4) is 0 Å². The van der Waals surface area contributed by atoms with Crippen molar-refractivity contribution in [2.45, 2.75) is 31.7 Å². The van der Waals surface area contributed by atoms with Crippen LogP contribution in [0.1, 0.15) is 19.3 Å². The molecule has 0 aliphatic heterocycles. The van der Waals surface area contributed by atoms with Crippen LogP contribution in [0.15, 0.2) is 37.3 Å². The highest BCUT2D eigenvalue weighted by Crippen LogP contribution is 2.30. The Labute approximate surface area is 181 Å². The summed E-state index contributed by atoms with van der Waals surface area (Å²) in [6, 6.07) is 3.51. The monoisotopic (exact) mass is 459 g/mol. The van der Waals surface area contributed by atoms with Crippen molar-refractivity contribution in [2.75, 3.05) is 19.8 Å². The van der Waals surface area contributed by atoms with Crippen molar-refractivity contribution in [1.29, 1.82) is 0 Å². The summed E-state index contributed by atoms with van der Waals surface area (Å²) in [5.74, 6) is -2.30. The largest absolute Gasteiger partial charge is 0.522 e. The third kappa shape index (κ3) is 6.60. The molecule has 0 radical (unpaired) electrons. The maximum absolute atomic E-state index is 13.4. The SMILES string of the molecule is C=C(CCNC(=O)C1CC(OCCOC(F)(F)F)C1)n1cnc(-c2ccc(F)c(F)c2)c1. The Kier molecular flexibility index (Phi) is 7.62. The molecule has 1 fully saturated rings. The number of carbonyl (C=O) groups is 1. The summed E-state index contributed by atoms with van der Waals surface area (Å²) < 4.78 is 72.6. The van der Waals surface area contributed by atoms with Gasteiger partial charge in [-0.25, -0.2) is 13.8 Å². The third-order valence-electron chi connectivity index (χ3n) is 5.04. The lowest BCUT2D eigenvalue weighted by molar-refractivity contribution is -0.328. The first kappa shape index (κ1) is 23.9. The predicted octanol–water partition coefficient (Wildman–Crippen LogP) is 4.14. The molecular formula is C21H22F5N3O3. The summed E-state index contributed by atoms with van der Waals surface area (Å²) >= 11 is 0. The van der Waals surface area contributed by atoms with Crippen molar-refractivity contribution in [2.24, 2.45) is 5.92 Å². The molecular weight excluding hydrogens is 437 g/mol.